The fraction of sp³-hybridized carbons (Fsp3) is 0.538. The third kappa shape index (κ3) is 3.33. The number of hydrogen-bond donors (Lipinski definition) is 1. The predicted molar refractivity (Wildman–Crippen MR) is 79.6 cm³/mol. The first kappa shape index (κ1) is 14.0. The number of rotatable bonds is 6. The van der Waals surface area contributed by atoms with E-state index < -0.39 is 0 Å². The summed E-state index contributed by atoms with van der Waals surface area (Å²) in [5.74, 6) is 2.79. The molecule has 0 amide bonds. The maximum absolute atomic E-state index is 5.42. The van der Waals surface area contributed by atoms with Gasteiger partial charge in [-0.25, -0.2) is 0 Å². The normalized spacial score (nSPS) is 14.8. The quantitative estimate of drug-likeness (QED) is 0.865. The van der Waals surface area contributed by atoms with Crippen molar-refractivity contribution in [3.05, 3.63) is 22.2 Å². The first-order valence-corrected chi connectivity index (χ1v) is 8.23. The lowest BCUT2D eigenvalue weighted by Gasteiger charge is -2.16. The lowest BCUT2D eigenvalue weighted by Crippen LogP contribution is -2.30. The molecule has 3 nitrogen and oxygen atoms in total. The van der Waals surface area contributed by atoms with E-state index in [1.807, 2.05) is 17.8 Å². The number of halogens is 1. The molecule has 0 saturated heterocycles. The zero-order valence-electron chi connectivity index (χ0n) is 10.7. The van der Waals surface area contributed by atoms with Gasteiger partial charge in [0.15, 0.2) is 11.5 Å². The highest BCUT2D eigenvalue weighted by molar-refractivity contribution is 9.10. The van der Waals surface area contributed by atoms with Gasteiger partial charge in [-0.15, -0.1) is 0 Å². The number of thioether (sulfide) groups is 1. The average molecular weight is 332 g/mol. The van der Waals surface area contributed by atoms with Gasteiger partial charge >= 0.3 is 0 Å². The van der Waals surface area contributed by atoms with Crippen LogP contribution in [0.25, 0.3) is 0 Å². The van der Waals surface area contributed by atoms with Crippen molar-refractivity contribution < 1.29 is 9.47 Å². The summed E-state index contributed by atoms with van der Waals surface area (Å²) in [6.07, 6.45) is 3.29. The predicted octanol–water partition coefficient (Wildman–Crippen LogP) is 3.41. The zero-order chi connectivity index (χ0) is 13.0. The van der Waals surface area contributed by atoms with Crippen LogP contribution in [0.5, 0.6) is 11.5 Å². The molecule has 1 unspecified atom stereocenters. The second-order valence-corrected chi connectivity index (χ2v) is 6.02. The fourth-order valence-corrected chi connectivity index (χ4v) is 3.27. The van der Waals surface area contributed by atoms with Crippen LogP contribution in [0.1, 0.15) is 18.9 Å². The lowest BCUT2D eigenvalue weighted by atomic mass is 10.2. The molecule has 1 aromatic carbocycles. The van der Waals surface area contributed by atoms with Gasteiger partial charge in [-0.3, -0.25) is 0 Å². The highest BCUT2D eigenvalue weighted by Gasteiger charge is 2.18. The second kappa shape index (κ2) is 6.68. The van der Waals surface area contributed by atoms with Crippen LogP contribution in [0, 0.1) is 0 Å². The Labute approximate surface area is 121 Å². The molecule has 1 atom stereocenters. The van der Waals surface area contributed by atoms with Crippen molar-refractivity contribution in [1.82, 2.24) is 5.32 Å². The van der Waals surface area contributed by atoms with Gasteiger partial charge < -0.3 is 14.8 Å². The van der Waals surface area contributed by atoms with Crippen molar-refractivity contribution in [1.29, 1.82) is 0 Å². The Morgan fingerprint density at radius 1 is 1.44 bits per heavy atom. The van der Waals surface area contributed by atoms with E-state index >= 15 is 0 Å². The van der Waals surface area contributed by atoms with E-state index in [9.17, 15) is 0 Å². The van der Waals surface area contributed by atoms with E-state index in [4.69, 9.17) is 9.47 Å². The zero-order valence-corrected chi connectivity index (χ0v) is 13.1. The van der Waals surface area contributed by atoms with Crippen LogP contribution in [0.4, 0.5) is 0 Å². The topological polar surface area (TPSA) is 30.5 Å². The molecule has 1 aromatic rings. The molecule has 2 rings (SSSR count). The number of nitrogens with one attached hydrogen (secondary N) is 1. The van der Waals surface area contributed by atoms with Crippen LogP contribution in [0.3, 0.4) is 0 Å². The smallest absolute Gasteiger partial charge is 0.231 e. The maximum atomic E-state index is 5.42. The Balaban J connectivity index is 1.99. The SMILES string of the molecule is CCC(CSC)NCc1cc(Br)c2c(c1)OCO2. The van der Waals surface area contributed by atoms with E-state index in [1.54, 1.807) is 0 Å². The van der Waals surface area contributed by atoms with Crippen molar-refractivity contribution in [2.24, 2.45) is 0 Å². The summed E-state index contributed by atoms with van der Waals surface area (Å²) in [5, 5.41) is 3.57. The highest BCUT2D eigenvalue weighted by atomic mass is 79.9. The van der Waals surface area contributed by atoms with Gasteiger partial charge in [0.05, 0.1) is 4.47 Å². The Hall–Kier alpha value is -0.390. The number of ether oxygens (including phenoxy) is 2. The largest absolute Gasteiger partial charge is 0.454 e. The van der Waals surface area contributed by atoms with E-state index in [0.717, 1.165) is 34.7 Å². The minimum Gasteiger partial charge on any atom is -0.454 e. The van der Waals surface area contributed by atoms with E-state index in [1.165, 1.54) is 5.56 Å². The van der Waals surface area contributed by atoms with Crippen LogP contribution in [-0.2, 0) is 6.54 Å². The standard InChI is InChI=1S/C13H18BrNO2S/c1-3-10(7-18-2)15-6-9-4-11(14)13-12(5-9)16-8-17-13/h4-5,10,15H,3,6-8H2,1-2H3. The Morgan fingerprint density at radius 2 is 2.28 bits per heavy atom. The Morgan fingerprint density at radius 3 is 3.00 bits per heavy atom. The summed E-state index contributed by atoms with van der Waals surface area (Å²) in [6, 6.07) is 4.70. The third-order valence-corrected chi connectivity index (χ3v) is 4.27. The van der Waals surface area contributed by atoms with Crippen molar-refractivity contribution in [2.45, 2.75) is 25.9 Å². The van der Waals surface area contributed by atoms with Gasteiger partial charge in [0.2, 0.25) is 6.79 Å². The molecule has 0 bridgehead atoms. The van der Waals surface area contributed by atoms with E-state index in [0.29, 0.717) is 12.8 Å². The first-order valence-electron chi connectivity index (χ1n) is 6.05. The van der Waals surface area contributed by atoms with Gasteiger partial charge in [0.25, 0.3) is 0 Å². The van der Waals surface area contributed by atoms with Crippen LogP contribution in [-0.4, -0.2) is 24.8 Å². The minimum absolute atomic E-state index is 0.314. The summed E-state index contributed by atoms with van der Waals surface area (Å²) in [4.78, 5) is 0. The molecule has 5 heteroatoms. The molecule has 0 saturated carbocycles. The van der Waals surface area contributed by atoms with Crippen molar-refractivity contribution >= 4 is 27.7 Å². The van der Waals surface area contributed by atoms with Crippen LogP contribution < -0.4 is 14.8 Å². The Bertz CT molecular complexity index is 414. The number of fused-ring (bicyclic) bond motifs is 1. The summed E-state index contributed by atoms with van der Waals surface area (Å²) in [7, 11) is 0. The molecule has 0 aromatic heterocycles. The molecule has 1 N–H and O–H groups in total. The molecule has 0 aliphatic carbocycles. The van der Waals surface area contributed by atoms with Gasteiger partial charge in [0.1, 0.15) is 0 Å². The molecule has 1 aliphatic heterocycles. The molecular formula is C13H18BrNO2S. The first-order chi connectivity index (χ1) is 8.74. The van der Waals surface area contributed by atoms with Gasteiger partial charge in [-0.1, -0.05) is 6.92 Å². The molecule has 0 radical (unpaired) electrons. The molecule has 18 heavy (non-hydrogen) atoms. The summed E-state index contributed by atoms with van der Waals surface area (Å²) in [5.41, 5.74) is 1.21. The number of benzene rings is 1. The monoisotopic (exact) mass is 331 g/mol. The molecule has 100 valence electrons. The highest BCUT2D eigenvalue weighted by Crippen LogP contribution is 2.39. The van der Waals surface area contributed by atoms with Gasteiger partial charge in [-0.05, 0) is 46.3 Å². The third-order valence-electron chi connectivity index (χ3n) is 2.94. The van der Waals surface area contributed by atoms with Crippen molar-refractivity contribution in [2.75, 3.05) is 18.8 Å². The fourth-order valence-electron chi connectivity index (χ4n) is 1.91. The minimum atomic E-state index is 0.314. The lowest BCUT2D eigenvalue weighted by molar-refractivity contribution is 0.173. The molecule has 1 aliphatic rings. The molecular weight excluding hydrogens is 314 g/mol. The maximum Gasteiger partial charge on any atom is 0.231 e. The van der Waals surface area contributed by atoms with E-state index in [2.05, 4.69) is 40.5 Å². The van der Waals surface area contributed by atoms with Gasteiger partial charge in [0, 0.05) is 18.3 Å². The summed E-state index contributed by atoms with van der Waals surface area (Å²) in [6.45, 7) is 3.38. The Kier molecular flexibility index (Phi) is 5.21. The van der Waals surface area contributed by atoms with Gasteiger partial charge in [-0.2, -0.15) is 11.8 Å². The average Bonchev–Trinajstić information content (AvgIpc) is 2.83. The van der Waals surface area contributed by atoms with Crippen molar-refractivity contribution in [3.63, 3.8) is 0 Å². The number of hydrogen-bond acceptors (Lipinski definition) is 4. The summed E-state index contributed by atoms with van der Waals surface area (Å²) >= 11 is 5.39. The molecule has 0 spiro atoms. The molecule has 1 heterocycles. The van der Waals surface area contributed by atoms with Crippen molar-refractivity contribution in [3.8, 4) is 11.5 Å². The van der Waals surface area contributed by atoms with Crippen LogP contribution in [0.2, 0.25) is 0 Å². The van der Waals surface area contributed by atoms with E-state index in [-0.39, 0.29) is 0 Å². The summed E-state index contributed by atoms with van der Waals surface area (Å²) < 4.78 is 11.8. The molecule has 0 fully saturated rings. The van der Waals surface area contributed by atoms with Crippen LogP contribution >= 0.6 is 27.7 Å². The van der Waals surface area contributed by atoms with Crippen LogP contribution in [0.15, 0.2) is 16.6 Å². The second-order valence-electron chi connectivity index (χ2n) is 4.25.